The van der Waals surface area contributed by atoms with Crippen LogP contribution in [0.1, 0.15) is 20.3 Å². The quantitative estimate of drug-likeness (QED) is 0.606. The second-order valence-electron chi connectivity index (χ2n) is 1.94. The molecule has 0 heterocycles. The molecule has 2 N–H and O–H groups in total. The van der Waals surface area contributed by atoms with Gasteiger partial charge in [-0.3, -0.25) is 0 Å². The Labute approximate surface area is 53.9 Å². The molecule has 0 bridgehead atoms. The lowest BCUT2D eigenvalue weighted by molar-refractivity contribution is 0.400. The topological polar surface area (TPSA) is 49.3 Å². The first-order valence-corrected chi connectivity index (χ1v) is 4.31. The molecule has 0 aromatic rings. The van der Waals surface area contributed by atoms with Crippen LogP contribution in [0, 0.1) is 0 Å². The van der Waals surface area contributed by atoms with Crippen molar-refractivity contribution in [2.24, 2.45) is 0 Å². The van der Waals surface area contributed by atoms with Gasteiger partial charge in [0.2, 0.25) is 0 Å². The smallest absolute Gasteiger partial charge is 0.309 e. The Balaban J connectivity index is 3.60. The van der Waals surface area contributed by atoms with Crippen LogP contribution in [0.3, 0.4) is 0 Å². The summed E-state index contributed by atoms with van der Waals surface area (Å²) >= 11 is 0. The molecule has 0 rings (SSSR count). The van der Waals surface area contributed by atoms with E-state index in [4.69, 9.17) is 4.89 Å². The average molecular weight is 155 g/mol. The molecule has 0 aliphatic carbocycles. The molecule has 0 fully saturated rings. The summed E-state index contributed by atoms with van der Waals surface area (Å²) in [5, 5.41) is 1.91. The molecule has 56 valence electrons. The maximum Gasteiger partial charge on any atom is 0.440 e. The van der Waals surface area contributed by atoms with E-state index in [-0.39, 0.29) is 6.04 Å². The highest BCUT2D eigenvalue weighted by Gasteiger charge is 2.16. The van der Waals surface area contributed by atoms with Gasteiger partial charge in [-0.25, -0.2) is 9.65 Å². The Bertz CT molecular complexity index is 124. The molecule has 0 saturated heterocycles. The van der Waals surface area contributed by atoms with Crippen LogP contribution < -0.4 is 5.09 Å². The van der Waals surface area contributed by atoms with Crippen molar-refractivity contribution in [2.45, 2.75) is 26.3 Å². The highest BCUT2D eigenvalue weighted by atomic mass is 31.2. The molecule has 0 aliphatic rings. The summed E-state index contributed by atoms with van der Waals surface area (Å²) in [4.78, 5) is 8.10. The minimum Gasteiger partial charge on any atom is -0.309 e. The van der Waals surface area contributed by atoms with Crippen LogP contribution in [-0.2, 0) is 4.57 Å². The normalized spacial score (nSPS) is 20.9. The predicted octanol–water partition coefficient (Wildman–Crippen LogP) is 1.44. The van der Waals surface area contributed by atoms with Crippen LogP contribution in [0.25, 0.3) is 0 Å². The fraction of sp³-hybridized carbons (Fsp3) is 1.00. The Hall–Kier alpha value is 0.0800. The van der Waals surface area contributed by atoms with Crippen LogP contribution in [0.4, 0.5) is 4.20 Å². The van der Waals surface area contributed by atoms with Crippen LogP contribution in [0.2, 0.25) is 0 Å². The first kappa shape index (κ1) is 9.08. The molecule has 0 radical (unpaired) electrons. The Morgan fingerprint density at radius 3 is 2.44 bits per heavy atom. The summed E-state index contributed by atoms with van der Waals surface area (Å²) in [7, 11) is -4.49. The number of nitrogens with one attached hydrogen (secondary N) is 1. The molecule has 0 aliphatic heterocycles. The third-order valence-electron chi connectivity index (χ3n) is 0.992. The monoisotopic (exact) mass is 155 g/mol. The Morgan fingerprint density at radius 2 is 2.33 bits per heavy atom. The lowest BCUT2D eigenvalue weighted by Gasteiger charge is -2.09. The second-order valence-corrected chi connectivity index (χ2v) is 3.20. The minimum atomic E-state index is -4.49. The number of hydrogen-bond acceptors (Lipinski definition) is 1. The van der Waals surface area contributed by atoms with Gasteiger partial charge in [0.05, 0.1) is 0 Å². The largest absolute Gasteiger partial charge is 0.440 e. The van der Waals surface area contributed by atoms with Crippen LogP contribution in [0.15, 0.2) is 0 Å². The molecule has 0 aromatic carbocycles. The highest BCUT2D eigenvalue weighted by Crippen LogP contribution is 2.37. The first-order valence-electron chi connectivity index (χ1n) is 2.76. The molecule has 5 heteroatoms. The maximum absolute atomic E-state index is 11.8. The fourth-order valence-electron chi connectivity index (χ4n) is 0.363. The maximum atomic E-state index is 11.8. The summed E-state index contributed by atoms with van der Waals surface area (Å²) in [5.74, 6) is 0. The molecule has 3 nitrogen and oxygen atoms in total. The van der Waals surface area contributed by atoms with Gasteiger partial charge < -0.3 is 4.89 Å². The number of hydrogen-bond donors (Lipinski definition) is 2. The Kier molecular flexibility index (Phi) is 3.33. The third-order valence-corrected chi connectivity index (χ3v) is 1.75. The first-order chi connectivity index (χ1) is 3.95. The van der Waals surface area contributed by atoms with Gasteiger partial charge in [0.1, 0.15) is 0 Å². The van der Waals surface area contributed by atoms with Crippen molar-refractivity contribution >= 4 is 7.83 Å². The van der Waals surface area contributed by atoms with Gasteiger partial charge in [0.25, 0.3) is 0 Å². The van der Waals surface area contributed by atoms with E-state index in [0.29, 0.717) is 6.42 Å². The summed E-state index contributed by atoms with van der Waals surface area (Å²) in [6.07, 6.45) is 0.633. The summed E-state index contributed by atoms with van der Waals surface area (Å²) in [5.41, 5.74) is 0. The highest BCUT2D eigenvalue weighted by molar-refractivity contribution is 7.50. The van der Waals surface area contributed by atoms with Crippen LogP contribution in [-0.4, -0.2) is 10.9 Å². The van der Waals surface area contributed by atoms with E-state index in [0.717, 1.165) is 0 Å². The van der Waals surface area contributed by atoms with Crippen molar-refractivity contribution in [1.29, 1.82) is 0 Å². The molecule has 0 spiro atoms. The summed E-state index contributed by atoms with van der Waals surface area (Å²) < 4.78 is 21.8. The van der Waals surface area contributed by atoms with E-state index in [1.54, 1.807) is 13.8 Å². The lowest BCUT2D eigenvalue weighted by atomic mass is 10.3. The van der Waals surface area contributed by atoms with Crippen molar-refractivity contribution in [3.8, 4) is 0 Å². The van der Waals surface area contributed by atoms with Crippen molar-refractivity contribution in [2.75, 3.05) is 0 Å². The van der Waals surface area contributed by atoms with E-state index in [9.17, 15) is 8.76 Å². The molecule has 0 saturated carbocycles. The van der Waals surface area contributed by atoms with Gasteiger partial charge in [-0.15, -0.1) is 4.20 Å². The van der Waals surface area contributed by atoms with Crippen molar-refractivity contribution in [1.82, 2.24) is 5.09 Å². The number of rotatable bonds is 3. The SMILES string of the molecule is CCC(C)NP(=O)(O)F. The molecule has 9 heavy (non-hydrogen) atoms. The molecule has 2 atom stereocenters. The van der Waals surface area contributed by atoms with Gasteiger partial charge in [0, 0.05) is 6.04 Å². The third kappa shape index (κ3) is 5.96. The van der Waals surface area contributed by atoms with Crippen molar-refractivity contribution in [3.63, 3.8) is 0 Å². The molecular weight excluding hydrogens is 144 g/mol. The fourth-order valence-corrected chi connectivity index (χ4v) is 1.09. The van der Waals surface area contributed by atoms with Crippen molar-refractivity contribution in [3.05, 3.63) is 0 Å². The van der Waals surface area contributed by atoms with E-state index in [1.165, 1.54) is 0 Å². The van der Waals surface area contributed by atoms with E-state index < -0.39 is 7.83 Å². The number of halogens is 1. The van der Waals surface area contributed by atoms with Crippen LogP contribution >= 0.6 is 7.83 Å². The molecule has 0 aromatic heterocycles. The van der Waals surface area contributed by atoms with Gasteiger partial charge >= 0.3 is 7.83 Å². The molecular formula is C4H11FNO2P. The van der Waals surface area contributed by atoms with E-state index >= 15 is 0 Å². The van der Waals surface area contributed by atoms with Gasteiger partial charge in [-0.2, -0.15) is 0 Å². The lowest BCUT2D eigenvalue weighted by Crippen LogP contribution is -2.19. The second kappa shape index (κ2) is 3.30. The average Bonchev–Trinajstić information content (AvgIpc) is 1.62. The Morgan fingerprint density at radius 1 is 1.89 bits per heavy atom. The zero-order valence-corrected chi connectivity index (χ0v) is 6.36. The van der Waals surface area contributed by atoms with Gasteiger partial charge in [-0.05, 0) is 13.3 Å². The minimum absolute atomic E-state index is 0.245. The molecule has 2 unspecified atom stereocenters. The predicted molar refractivity (Wildman–Crippen MR) is 33.8 cm³/mol. The summed E-state index contributed by atoms with van der Waals surface area (Å²) in [6, 6.07) is -0.245. The van der Waals surface area contributed by atoms with Crippen molar-refractivity contribution < 1.29 is 13.7 Å². The van der Waals surface area contributed by atoms with E-state index in [2.05, 4.69) is 0 Å². The van der Waals surface area contributed by atoms with E-state index in [1.807, 2.05) is 5.09 Å². The molecule has 0 amide bonds. The van der Waals surface area contributed by atoms with Gasteiger partial charge in [0.15, 0.2) is 0 Å². The zero-order valence-electron chi connectivity index (χ0n) is 5.47. The summed E-state index contributed by atoms with van der Waals surface area (Å²) in [6.45, 7) is 3.44. The zero-order chi connectivity index (χ0) is 7.49. The standard InChI is InChI=1S/C4H11FNO2P/c1-3-4(2)6-9(5,7)8/h4H,3H2,1-2H3,(H2,6,7,8). The van der Waals surface area contributed by atoms with Crippen LogP contribution in [0.5, 0.6) is 0 Å². The van der Waals surface area contributed by atoms with Gasteiger partial charge in [-0.1, -0.05) is 6.92 Å².